The van der Waals surface area contributed by atoms with Crippen molar-refractivity contribution in [1.82, 2.24) is 19.7 Å². The van der Waals surface area contributed by atoms with Crippen LogP contribution in [-0.2, 0) is 17.9 Å². The first kappa shape index (κ1) is 24.5. The third kappa shape index (κ3) is 5.11. The number of anilines is 3. The van der Waals surface area contributed by atoms with E-state index in [0.29, 0.717) is 18.8 Å². The van der Waals surface area contributed by atoms with Crippen LogP contribution in [0.5, 0.6) is 0 Å². The van der Waals surface area contributed by atoms with Crippen LogP contribution in [0.15, 0.2) is 30.7 Å². The molecule has 3 aromatic heterocycles. The Labute approximate surface area is 200 Å². The normalized spacial score (nSPS) is 15.2. The summed E-state index contributed by atoms with van der Waals surface area (Å²) in [6.07, 6.45) is 5.35. The summed E-state index contributed by atoms with van der Waals surface area (Å²) in [5.74, 6) is 0.591. The Hall–Kier alpha value is -3.14. The summed E-state index contributed by atoms with van der Waals surface area (Å²) in [4.78, 5) is 23.2. The van der Waals surface area contributed by atoms with Crippen LogP contribution >= 0.6 is 13.5 Å². The summed E-state index contributed by atoms with van der Waals surface area (Å²) in [6, 6.07) is 3.22. The number of aromatic nitrogens is 4. The molecular formula is C23H30FN7OS. The van der Waals surface area contributed by atoms with Crippen LogP contribution in [0.4, 0.5) is 21.6 Å². The minimum Gasteiger partial charge on any atom is -0.366 e. The Kier molecular flexibility index (Phi) is 7.26. The van der Waals surface area contributed by atoms with Gasteiger partial charge in [0.15, 0.2) is 0 Å². The molecule has 0 aromatic carbocycles. The van der Waals surface area contributed by atoms with E-state index in [-0.39, 0.29) is 37.2 Å². The zero-order chi connectivity index (χ0) is 23.0. The van der Waals surface area contributed by atoms with E-state index in [1.165, 1.54) is 6.07 Å². The van der Waals surface area contributed by atoms with E-state index in [4.69, 9.17) is 0 Å². The molecule has 10 heteroatoms. The standard InChI is InChI=1S/C23H28FN7O.H2S/c1-13(2)22-23(32)29-21-15(4)28-20(7-19(21)30(22)5)26-9-17-10-27-31(12-17)11-16-6-18(24)14(3)25-8-16;/h6-8,10,12-13,22H,9,11H2,1-5H3,(H,26,28)(H,29,32);1H2/t22-;/m0./s1. The van der Waals surface area contributed by atoms with Gasteiger partial charge in [0, 0.05) is 37.6 Å². The van der Waals surface area contributed by atoms with Gasteiger partial charge in [-0.05, 0) is 31.4 Å². The zero-order valence-electron chi connectivity index (χ0n) is 19.5. The van der Waals surface area contributed by atoms with Crippen LogP contribution in [0.2, 0.25) is 0 Å². The maximum absolute atomic E-state index is 13.7. The third-order valence-corrected chi connectivity index (χ3v) is 5.71. The van der Waals surface area contributed by atoms with Gasteiger partial charge >= 0.3 is 0 Å². The van der Waals surface area contributed by atoms with Crippen LogP contribution in [0.25, 0.3) is 0 Å². The average molecular weight is 472 g/mol. The minimum absolute atomic E-state index is 0. The number of halogens is 1. The second-order valence-electron chi connectivity index (χ2n) is 8.59. The lowest BCUT2D eigenvalue weighted by Crippen LogP contribution is -2.49. The first-order valence-corrected chi connectivity index (χ1v) is 10.6. The van der Waals surface area contributed by atoms with E-state index >= 15 is 0 Å². The molecule has 1 aliphatic rings. The van der Waals surface area contributed by atoms with Crippen molar-refractivity contribution >= 4 is 36.6 Å². The molecule has 1 amide bonds. The highest BCUT2D eigenvalue weighted by Gasteiger charge is 2.34. The summed E-state index contributed by atoms with van der Waals surface area (Å²) < 4.78 is 15.5. The van der Waals surface area contributed by atoms with Crippen LogP contribution in [0.3, 0.4) is 0 Å². The summed E-state index contributed by atoms with van der Waals surface area (Å²) in [7, 11) is 1.94. The van der Waals surface area contributed by atoms with Crippen molar-refractivity contribution in [3.63, 3.8) is 0 Å². The number of carbonyl (C=O) groups is 1. The topological polar surface area (TPSA) is 88.0 Å². The highest BCUT2D eigenvalue weighted by atomic mass is 32.1. The third-order valence-electron chi connectivity index (χ3n) is 5.71. The lowest BCUT2D eigenvalue weighted by Gasteiger charge is -2.38. The van der Waals surface area contributed by atoms with Crippen LogP contribution in [0, 0.1) is 25.6 Å². The lowest BCUT2D eigenvalue weighted by atomic mass is 9.98. The molecule has 2 N–H and O–H groups in total. The average Bonchev–Trinajstić information content (AvgIpc) is 3.17. The SMILES string of the molecule is Cc1ncc(Cn2cc(CNc3cc4c(c(C)n3)NC(=O)[C@H](C(C)C)N4C)cn2)cc1F.S. The van der Waals surface area contributed by atoms with Gasteiger partial charge in [-0.25, -0.2) is 9.37 Å². The van der Waals surface area contributed by atoms with E-state index < -0.39 is 0 Å². The van der Waals surface area contributed by atoms with Gasteiger partial charge in [0.2, 0.25) is 5.91 Å². The zero-order valence-corrected chi connectivity index (χ0v) is 20.5. The fraction of sp³-hybridized carbons (Fsp3) is 0.391. The molecule has 0 spiro atoms. The molecule has 33 heavy (non-hydrogen) atoms. The van der Waals surface area contributed by atoms with Crippen LogP contribution in [0.1, 0.15) is 36.4 Å². The molecular weight excluding hydrogens is 441 g/mol. The number of rotatable bonds is 6. The monoisotopic (exact) mass is 471 g/mol. The van der Waals surface area contributed by atoms with Crippen molar-refractivity contribution in [3.05, 3.63) is 59.1 Å². The molecule has 4 rings (SSSR count). The maximum Gasteiger partial charge on any atom is 0.247 e. The number of nitrogens with one attached hydrogen (secondary N) is 2. The number of pyridine rings is 2. The molecule has 0 radical (unpaired) electrons. The molecule has 4 heterocycles. The van der Waals surface area contributed by atoms with E-state index in [0.717, 1.165) is 34.0 Å². The summed E-state index contributed by atoms with van der Waals surface area (Å²) in [5, 5.41) is 10.7. The van der Waals surface area contributed by atoms with Gasteiger partial charge in [-0.15, -0.1) is 0 Å². The number of likely N-dealkylation sites (N-methyl/N-ethyl adjacent to an activating group) is 1. The van der Waals surface area contributed by atoms with Crippen LogP contribution < -0.4 is 15.5 Å². The fourth-order valence-electron chi connectivity index (χ4n) is 4.05. The maximum atomic E-state index is 13.7. The number of fused-ring (bicyclic) bond motifs is 1. The first-order chi connectivity index (χ1) is 15.2. The van der Waals surface area contributed by atoms with Gasteiger partial charge in [0.05, 0.1) is 35.5 Å². The molecule has 3 aromatic rings. The summed E-state index contributed by atoms with van der Waals surface area (Å²) in [5.41, 5.74) is 4.58. The highest BCUT2D eigenvalue weighted by Crippen LogP contribution is 2.36. The van der Waals surface area contributed by atoms with E-state index in [1.54, 1.807) is 24.0 Å². The van der Waals surface area contributed by atoms with Gasteiger partial charge in [-0.1, -0.05) is 13.8 Å². The van der Waals surface area contributed by atoms with Gasteiger partial charge in [0.25, 0.3) is 0 Å². The summed E-state index contributed by atoms with van der Waals surface area (Å²) in [6.45, 7) is 8.59. The van der Waals surface area contributed by atoms with Gasteiger partial charge < -0.3 is 15.5 Å². The second kappa shape index (κ2) is 9.78. The van der Waals surface area contributed by atoms with Crippen molar-refractivity contribution in [2.75, 3.05) is 22.6 Å². The minimum atomic E-state index is -0.314. The molecule has 0 saturated heterocycles. The quantitative estimate of drug-likeness (QED) is 0.571. The van der Waals surface area contributed by atoms with E-state index in [9.17, 15) is 9.18 Å². The van der Waals surface area contributed by atoms with Crippen molar-refractivity contribution in [2.45, 2.75) is 46.8 Å². The number of nitrogens with zero attached hydrogens (tertiary/aromatic N) is 5. The lowest BCUT2D eigenvalue weighted by molar-refractivity contribution is -0.118. The Balaban J connectivity index is 0.00000306. The predicted octanol–water partition coefficient (Wildman–Crippen LogP) is 3.62. The Bertz CT molecular complexity index is 1160. The number of carbonyl (C=O) groups excluding carboxylic acids is 1. The number of hydrogen-bond donors (Lipinski definition) is 2. The van der Waals surface area contributed by atoms with Crippen molar-refractivity contribution < 1.29 is 9.18 Å². The Morgan fingerprint density at radius 2 is 1.94 bits per heavy atom. The molecule has 0 fully saturated rings. The smallest absolute Gasteiger partial charge is 0.247 e. The molecule has 0 unspecified atom stereocenters. The molecule has 1 atom stereocenters. The van der Waals surface area contributed by atoms with Crippen LogP contribution in [-0.4, -0.2) is 38.7 Å². The van der Waals surface area contributed by atoms with Gasteiger partial charge in [-0.2, -0.15) is 18.6 Å². The molecule has 0 saturated carbocycles. The second-order valence-corrected chi connectivity index (χ2v) is 8.59. The fourth-order valence-corrected chi connectivity index (χ4v) is 4.05. The number of aryl methyl sites for hydroxylation is 2. The number of hydrogen-bond acceptors (Lipinski definition) is 6. The van der Waals surface area contributed by atoms with Gasteiger partial charge in [0.1, 0.15) is 17.7 Å². The molecule has 0 bridgehead atoms. The molecule has 1 aliphatic heterocycles. The Morgan fingerprint density at radius 1 is 1.18 bits per heavy atom. The van der Waals surface area contributed by atoms with Gasteiger partial charge in [-0.3, -0.25) is 14.5 Å². The van der Waals surface area contributed by atoms with E-state index in [2.05, 4.69) is 25.7 Å². The van der Waals surface area contributed by atoms with E-state index in [1.807, 2.05) is 45.0 Å². The number of amides is 1. The predicted molar refractivity (Wildman–Crippen MR) is 133 cm³/mol. The van der Waals surface area contributed by atoms with Crippen molar-refractivity contribution in [2.24, 2.45) is 5.92 Å². The largest absolute Gasteiger partial charge is 0.366 e. The highest BCUT2D eigenvalue weighted by molar-refractivity contribution is 7.59. The molecule has 176 valence electrons. The Morgan fingerprint density at radius 3 is 2.64 bits per heavy atom. The summed E-state index contributed by atoms with van der Waals surface area (Å²) >= 11 is 0. The molecule has 0 aliphatic carbocycles. The van der Waals surface area contributed by atoms with Crippen molar-refractivity contribution in [1.29, 1.82) is 0 Å². The molecule has 8 nitrogen and oxygen atoms in total. The first-order valence-electron chi connectivity index (χ1n) is 10.6. The van der Waals surface area contributed by atoms with Crippen molar-refractivity contribution in [3.8, 4) is 0 Å².